The molecule has 0 bridgehead atoms. The van der Waals surface area contributed by atoms with Gasteiger partial charge in [0, 0.05) is 26.4 Å². The van der Waals surface area contributed by atoms with Gasteiger partial charge in [-0.15, -0.1) is 5.10 Å². The molecule has 2 saturated heterocycles. The zero-order valence-electron chi connectivity index (χ0n) is 19.1. The van der Waals surface area contributed by atoms with Gasteiger partial charge >= 0.3 is 0 Å². The molecule has 1 aromatic heterocycles. The third-order valence-electron chi connectivity index (χ3n) is 5.70. The third kappa shape index (κ3) is 6.03. The molecule has 2 atom stereocenters. The Hall–Kier alpha value is -3.32. The van der Waals surface area contributed by atoms with Crippen molar-refractivity contribution in [1.82, 2.24) is 10.2 Å². The quantitative estimate of drug-likeness (QED) is 0.444. The number of aromatic nitrogens is 2. The van der Waals surface area contributed by atoms with Gasteiger partial charge in [-0.3, -0.25) is 9.79 Å². The van der Waals surface area contributed by atoms with Crippen molar-refractivity contribution < 1.29 is 18.3 Å². The van der Waals surface area contributed by atoms with Crippen LogP contribution in [0.2, 0.25) is 0 Å². The molecule has 1 amide bonds. The molecule has 0 aliphatic carbocycles. The molecule has 13 heteroatoms. The maximum absolute atomic E-state index is 14.2. The lowest BCUT2D eigenvalue weighted by atomic mass is 10.0. The average molecular weight is 505 g/mol. The third-order valence-corrected chi connectivity index (χ3v) is 6.31. The Morgan fingerprint density at radius 1 is 1.23 bits per heavy atom. The summed E-state index contributed by atoms with van der Waals surface area (Å²) in [6.07, 6.45) is 0.297. The Bertz CT molecular complexity index is 1110. The molecule has 3 heterocycles. The van der Waals surface area contributed by atoms with Gasteiger partial charge in [-0.2, -0.15) is 10.1 Å². The summed E-state index contributed by atoms with van der Waals surface area (Å²) in [4.78, 5) is 24.7. The lowest BCUT2D eigenvalue weighted by molar-refractivity contribution is -0.127. The number of nitrogens with two attached hydrogens (primary N) is 2. The van der Waals surface area contributed by atoms with Gasteiger partial charge in [0.1, 0.15) is 12.0 Å². The van der Waals surface area contributed by atoms with E-state index < -0.39 is 24.0 Å². The van der Waals surface area contributed by atoms with E-state index in [-0.39, 0.29) is 35.2 Å². The van der Waals surface area contributed by atoms with Gasteiger partial charge in [0.25, 0.3) is 5.91 Å². The van der Waals surface area contributed by atoms with Crippen molar-refractivity contribution in [3.63, 3.8) is 0 Å². The van der Waals surface area contributed by atoms with Crippen LogP contribution in [-0.4, -0.2) is 71.9 Å². The van der Waals surface area contributed by atoms with Crippen molar-refractivity contribution in [2.24, 2.45) is 21.5 Å². The average Bonchev–Trinajstić information content (AvgIpc) is 3.27. The highest BCUT2D eigenvalue weighted by molar-refractivity contribution is 8.26. The number of halogens is 2. The van der Waals surface area contributed by atoms with Crippen LogP contribution in [0.1, 0.15) is 18.1 Å². The Labute approximate surface area is 205 Å². The number of carbonyl (C=O) groups excluding carboxylic acids is 1. The molecule has 10 nitrogen and oxygen atoms in total. The second-order valence-corrected chi connectivity index (χ2v) is 9.20. The fourth-order valence-electron chi connectivity index (χ4n) is 3.96. The van der Waals surface area contributed by atoms with Gasteiger partial charge in [0.05, 0.1) is 24.8 Å². The Kier molecular flexibility index (Phi) is 7.76. The fraction of sp³-hybridized carbons (Fsp3) is 0.409. The second-order valence-electron chi connectivity index (χ2n) is 8.16. The number of anilines is 2. The molecular formula is C22H26F2N8O2S. The van der Waals surface area contributed by atoms with Crippen LogP contribution >= 0.6 is 11.8 Å². The topological polar surface area (TPSA) is 135 Å². The minimum atomic E-state index is -1.11. The van der Waals surface area contributed by atoms with Crippen molar-refractivity contribution in [2.45, 2.75) is 24.7 Å². The lowest BCUT2D eigenvalue weighted by Gasteiger charge is -2.36. The molecule has 4 rings (SSSR count). The molecule has 2 aliphatic rings. The van der Waals surface area contributed by atoms with Crippen LogP contribution < -0.4 is 21.3 Å². The normalized spacial score (nSPS) is 20.1. The summed E-state index contributed by atoms with van der Waals surface area (Å²) in [5, 5.41) is 8.08. The number of methoxy groups -OCH3 is 1. The molecule has 35 heavy (non-hydrogen) atoms. The molecule has 2 aliphatic heterocycles. The number of benzene rings is 1. The van der Waals surface area contributed by atoms with Crippen LogP contribution in [0.25, 0.3) is 0 Å². The van der Waals surface area contributed by atoms with Crippen LogP contribution in [0.4, 0.5) is 20.3 Å². The smallest absolute Gasteiger partial charge is 0.281 e. The van der Waals surface area contributed by atoms with Crippen molar-refractivity contribution in [3.8, 4) is 0 Å². The van der Waals surface area contributed by atoms with E-state index >= 15 is 0 Å². The van der Waals surface area contributed by atoms with Crippen molar-refractivity contribution >= 4 is 39.5 Å². The van der Waals surface area contributed by atoms with Gasteiger partial charge in [-0.25, -0.2) is 8.78 Å². The highest BCUT2D eigenvalue weighted by Crippen LogP contribution is 2.30. The van der Waals surface area contributed by atoms with E-state index in [0.717, 1.165) is 30.5 Å². The Morgan fingerprint density at radius 3 is 2.71 bits per heavy atom. The summed E-state index contributed by atoms with van der Waals surface area (Å²) >= 11 is 0.881. The zero-order chi connectivity index (χ0) is 24.9. The van der Waals surface area contributed by atoms with Gasteiger partial charge in [0.2, 0.25) is 0 Å². The summed E-state index contributed by atoms with van der Waals surface area (Å²) in [5.74, 6) is -0.406. The van der Waals surface area contributed by atoms with Gasteiger partial charge < -0.3 is 26.0 Å². The number of alkyl halides is 1. The minimum Gasteiger partial charge on any atom is -0.378 e. The highest BCUT2D eigenvalue weighted by atomic mass is 32.2. The summed E-state index contributed by atoms with van der Waals surface area (Å²) in [6, 6.07) is 7.75. The molecule has 2 fully saturated rings. The number of amides is 1. The number of rotatable bonds is 6. The fourth-order valence-corrected chi connectivity index (χ4v) is 4.51. The maximum atomic E-state index is 14.2. The van der Waals surface area contributed by atoms with E-state index in [0.29, 0.717) is 12.1 Å². The Morgan fingerprint density at radius 2 is 2.03 bits per heavy atom. The van der Waals surface area contributed by atoms with Crippen LogP contribution in [0.5, 0.6) is 0 Å². The van der Waals surface area contributed by atoms with Crippen molar-refractivity contribution in [1.29, 1.82) is 0 Å². The maximum Gasteiger partial charge on any atom is 0.281 e. The molecule has 4 N–H and O–H groups in total. The monoisotopic (exact) mass is 504 g/mol. The first-order chi connectivity index (χ1) is 16.8. The first-order valence-electron chi connectivity index (χ1n) is 11.0. The zero-order valence-corrected chi connectivity index (χ0v) is 19.9. The number of hydrogen-bond acceptors (Lipinski definition) is 8. The number of amidine groups is 2. The second kappa shape index (κ2) is 11.0. The molecule has 0 saturated carbocycles. The van der Waals surface area contributed by atoms with E-state index in [4.69, 9.17) is 16.2 Å². The highest BCUT2D eigenvalue weighted by Gasteiger charge is 2.30. The molecule has 1 aromatic carbocycles. The number of thioether (sulfide) groups is 1. The molecular weight excluding hydrogens is 478 g/mol. The molecule has 2 unspecified atom stereocenters. The molecule has 0 radical (unpaired) electrons. The molecule has 186 valence electrons. The predicted molar refractivity (Wildman–Crippen MR) is 132 cm³/mol. The summed E-state index contributed by atoms with van der Waals surface area (Å²) in [6.45, 7) is 1.61. The minimum absolute atomic E-state index is 0.0530. The summed E-state index contributed by atoms with van der Waals surface area (Å²) in [5.41, 5.74) is 12.5. The SMILES string of the molecule is COC(C(=O)N=C(N)SC(N)=NC1CCN(c2cccnn2)C1)c1ccc(F)c(N2CC(F)C2)c1. The standard InChI is InChI=1S/C22H26F2N8O2S/c1-34-19(13-4-5-16(24)17(9-13)32-10-14(23)11-32)20(33)29-22(26)35-21(25)28-15-6-8-31(12-15)18-3-2-7-27-30-18/h2-5,7,9,14-15,19H,6,8,10-12H2,1H3,(H2,25,28)(H2,26,29,33). The van der Waals surface area contributed by atoms with Gasteiger partial charge in [-0.1, -0.05) is 6.07 Å². The Balaban J connectivity index is 1.38. The first-order valence-corrected chi connectivity index (χ1v) is 11.8. The van der Waals surface area contributed by atoms with E-state index in [2.05, 4.69) is 25.1 Å². The van der Waals surface area contributed by atoms with E-state index in [9.17, 15) is 13.6 Å². The number of aliphatic imine (C=N–C) groups is 2. The van der Waals surface area contributed by atoms with E-state index in [1.807, 2.05) is 12.1 Å². The largest absolute Gasteiger partial charge is 0.378 e. The number of hydrogen-bond donors (Lipinski definition) is 2. The van der Waals surface area contributed by atoms with Crippen molar-refractivity contribution in [2.75, 3.05) is 43.1 Å². The van der Waals surface area contributed by atoms with Gasteiger partial charge in [-0.05, 0) is 48.0 Å². The lowest BCUT2D eigenvalue weighted by Crippen LogP contribution is -2.48. The predicted octanol–water partition coefficient (Wildman–Crippen LogP) is 1.63. The van der Waals surface area contributed by atoms with E-state index in [1.165, 1.54) is 25.3 Å². The molecule has 0 spiro atoms. The van der Waals surface area contributed by atoms with Crippen LogP contribution in [-0.2, 0) is 9.53 Å². The van der Waals surface area contributed by atoms with Crippen LogP contribution in [0.3, 0.4) is 0 Å². The molecule has 2 aromatic rings. The van der Waals surface area contributed by atoms with Gasteiger partial charge in [0.15, 0.2) is 22.3 Å². The number of nitrogens with zero attached hydrogens (tertiary/aromatic N) is 6. The van der Waals surface area contributed by atoms with Crippen LogP contribution in [0.15, 0.2) is 46.5 Å². The van der Waals surface area contributed by atoms with Crippen molar-refractivity contribution in [3.05, 3.63) is 47.9 Å². The summed E-state index contributed by atoms with van der Waals surface area (Å²) in [7, 11) is 1.34. The number of ether oxygens (including phenoxy) is 1. The first kappa shape index (κ1) is 24.8. The van der Waals surface area contributed by atoms with E-state index in [1.54, 1.807) is 11.1 Å². The number of carbonyl (C=O) groups is 1. The summed E-state index contributed by atoms with van der Waals surface area (Å²) < 4.78 is 32.7. The van der Waals surface area contributed by atoms with Crippen LogP contribution in [0, 0.1) is 5.82 Å².